The quantitative estimate of drug-likeness (QED) is 0.488. The first kappa shape index (κ1) is 14.7. The summed E-state index contributed by atoms with van der Waals surface area (Å²) in [5.74, 6) is 0.0853. The Morgan fingerprint density at radius 1 is 0.833 bits per heavy atom. The van der Waals surface area contributed by atoms with Crippen LogP contribution in [-0.2, 0) is 0 Å². The van der Waals surface area contributed by atoms with Crippen molar-refractivity contribution in [2.24, 2.45) is 0 Å². The van der Waals surface area contributed by atoms with E-state index in [0.29, 0.717) is 0 Å². The van der Waals surface area contributed by atoms with Crippen LogP contribution >= 0.6 is 0 Å². The minimum atomic E-state index is 0.0853. The third-order valence-electron chi connectivity index (χ3n) is 4.69. The average Bonchev–Trinajstić information content (AvgIpc) is 2.92. The predicted molar refractivity (Wildman–Crippen MR) is 99.9 cm³/mol. The van der Waals surface area contributed by atoms with Gasteiger partial charge < -0.3 is 4.98 Å². The molecule has 0 aliphatic rings. The third kappa shape index (κ3) is 2.15. The molecule has 2 nitrogen and oxygen atoms in total. The fourth-order valence-electron chi connectivity index (χ4n) is 3.74. The molecule has 1 aromatic heterocycles. The van der Waals surface area contributed by atoms with Gasteiger partial charge in [-0.25, -0.2) is 0 Å². The van der Waals surface area contributed by atoms with Crippen LogP contribution in [0.2, 0.25) is 0 Å². The molecular weight excluding hydrogens is 294 g/mol. The van der Waals surface area contributed by atoms with Gasteiger partial charge in [-0.05, 0) is 44.0 Å². The molecule has 0 saturated carbocycles. The zero-order valence-corrected chi connectivity index (χ0v) is 14.1. The Balaban J connectivity index is 1.99. The summed E-state index contributed by atoms with van der Waals surface area (Å²) in [4.78, 5) is 16.7. The Kier molecular flexibility index (Phi) is 3.27. The van der Waals surface area contributed by atoms with Gasteiger partial charge in [-0.2, -0.15) is 0 Å². The molecule has 4 aromatic rings. The Morgan fingerprint density at radius 3 is 2.25 bits per heavy atom. The third-order valence-corrected chi connectivity index (χ3v) is 4.69. The minimum Gasteiger partial charge on any atom is -0.354 e. The van der Waals surface area contributed by atoms with Gasteiger partial charge in [0.15, 0.2) is 5.78 Å². The molecule has 3 aromatic carbocycles. The topological polar surface area (TPSA) is 32.9 Å². The van der Waals surface area contributed by atoms with Gasteiger partial charge in [0.05, 0.1) is 5.52 Å². The van der Waals surface area contributed by atoms with Crippen LogP contribution in [-0.4, -0.2) is 10.8 Å². The van der Waals surface area contributed by atoms with Gasteiger partial charge in [0, 0.05) is 27.4 Å². The van der Waals surface area contributed by atoms with E-state index in [1.54, 1.807) is 0 Å². The fourth-order valence-corrected chi connectivity index (χ4v) is 3.74. The van der Waals surface area contributed by atoms with Gasteiger partial charge in [0.1, 0.15) is 0 Å². The summed E-state index contributed by atoms with van der Waals surface area (Å²) in [5, 5.41) is 2.25. The molecule has 118 valence electrons. The summed E-state index contributed by atoms with van der Waals surface area (Å²) >= 11 is 0. The van der Waals surface area contributed by atoms with Crippen LogP contribution in [0.3, 0.4) is 0 Å². The number of carbonyl (C=O) groups is 1. The van der Waals surface area contributed by atoms with Crippen LogP contribution in [0, 0.1) is 20.8 Å². The van der Waals surface area contributed by atoms with E-state index in [-0.39, 0.29) is 5.78 Å². The number of nitrogens with one attached hydrogen (secondary N) is 1. The molecule has 0 fully saturated rings. The number of fused-ring (bicyclic) bond motifs is 3. The van der Waals surface area contributed by atoms with Gasteiger partial charge >= 0.3 is 0 Å². The molecule has 2 heteroatoms. The van der Waals surface area contributed by atoms with Crippen molar-refractivity contribution in [1.29, 1.82) is 0 Å². The predicted octanol–water partition coefficient (Wildman–Crippen LogP) is 5.48. The van der Waals surface area contributed by atoms with Gasteiger partial charge in [-0.15, -0.1) is 0 Å². The number of ketones is 1. The van der Waals surface area contributed by atoms with E-state index in [1.165, 1.54) is 5.56 Å². The molecular formula is C22H19NO. The van der Waals surface area contributed by atoms with Crippen molar-refractivity contribution in [2.75, 3.05) is 0 Å². The number of hydrogen-bond donors (Lipinski definition) is 1. The van der Waals surface area contributed by atoms with Crippen molar-refractivity contribution in [1.82, 2.24) is 4.98 Å². The van der Waals surface area contributed by atoms with Gasteiger partial charge in [0.2, 0.25) is 0 Å². The lowest BCUT2D eigenvalue weighted by Crippen LogP contribution is -2.07. The molecule has 24 heavy (non-hydrogen) atoms. The van der Waals surface area contributed by atoms with Crippen LogP contribution in [0.4, 0.5) is 0 Å². The van der Waals surface area contributed by atoms with Crippen LogP contribution in [0.15, 0.2) is 54.6 Å². The standard InChI is InChI=1S/C22H19NO/c1-13-11-14(2)20(15(3)12-13)22(24)18-9-6-8-17-16-7-4-5-10-19(16)23-21(17)18/h4-12,23H,1-3H3. The van der Waals surface area contributed by atoms with E-state index in [9.17, 15) is 4.79 Å². The van der Waals surface area contributed by atoms with Gasteiger partial charge in [-0.3, -0.25) is 4.79 Å². The number of para-hydroxylation sites is 2. The largest absolute Gasteiger partial charge is 0.354 e. The van der Waals surface area contributed by atoms with E-state index in [1.807, 2.05) is 44.2 Å². The number of benzene rings is 3. The molecule has 0 saturated heterocycles. The van der Waals surface area contributed by atoms with Crippen molar-refractivity contribution in [2.45, 2.75) is 20.8 Å². The Bertz CT molecular complexity index is 1080. The van der Waals surface area contributed by atoms with E-state index in [2.05, 4.69) is 36.2 Å². The Morgan fingerprint density at radius 2 is 1.50 bits per heavy atom. The molecule has 0 unspecified atom stereocenters. The maximum Gasteiger partial charge on any atom is 0.195 e. The normalized spacial score (nSPS) is 11.3. The first-order chi connectivity index (χ1) is 11.6. The number of aromatic nitrogens is 1. The Hall–Kier alpha value is -2.87. The molecule has 1 N–H and O–H groups in total. The van der Waals surface area contributed by atoms with E-state index < -0.39 is 0 Å². The van der Waals surface area contributed by atoms with Crippen molar-refractivity contribution in [3.63, 3.8) is 0 Å². The maximum absolute atomic E-state index is 13.3. The highest BCUT2D eigenvalue weighted by atomic mass is 16.1. The molecule has 0 spiro atoms. The number of carbonyl (C=O) groups excluding carboxylic acids is 1. The van der Waals surface area contributed by atoms with Crippen molar-refractivity contribution in [3.05, 3.63) is 82.4 Å². The number of rotatable bonds is 2. The van der Waals surface area contributed by atoms with Crippen molar-refractivity contribution in [3.8, 4) is 0 Å². The van der Waals surface area contributed by atoms with E-state index in [4.69, 9.17) is 0 Å². The number of H-pyrrole nitrogens is 1. The SMILES string of the molecule is Cc1cc(C)c(C(=O)c2cccc3c2[nH]c2ccccc23)c(C)c1. The number of aryl methyl sites for hydroxylation is 3. The highest BCUT2D eigenvalue weighted by Gasteiger charge is 2.18. The van der Waals surface area contributed by atoms with Gasteiger partial charge in [0.25, 0.3) is 0 Å². The number of hydrogen-bond acceptors (Lipinski definition) is 1. The highest BCUT2D eigenvalue weighted by Crippen LogP contribution is 2.30. The summed E-state index contributed by atoms with van der Waals surface area (Å²) in [6.45, 7) is 6.09. The van der Waals surface area contributed by atoms with Crippen molar-refractivity contribution < 1.29 is 4.79 Å². The summed E-state index contributed by atoms with van der Waals surface area (Å²) in [6, 6.07) is 18.3. The summed E-state index contributed by atoms with van der Waals surface area (Å²) in [6.07, 6.45) is 0. The van der Waals surface area contributed by atoms with E-state index in [0.717, 1.165) is 44.1 Å². The lowest BCUT2D eigenvalue weighted by Gasteiger charge is -2.11. The van der Waals surface area contributed by atoms with Gasteiger partial charge in [-0.1, -0.05) is 48.0 Å². The summed E-state index contributed by atoms with van der Waals surface area (Å²) < 4.78 is 0. The first-order valence-electron chi connectivity index (χ1n) is 8.18. The van der Waals surface area contributed by atoms with Crippen molar-refractivity contribution >= 4 is 27.6 Å². The molecule has 1 heterocycles. The maximum atomic E-state index is 13.3. The lowest BCUT2D eigenvalue weighted by atomic mass is 9.92. The zero-order valence-electron chi connectivity index (χ0n) is 14.1. The van der Waals surface area contributed by atoms with Crippen LogP contribution in [0.1, 0.15) is 32.6 Å². The van der Waals surface area contributed by atoms with Crippen LogP contribution in [0.5, 0.6) is 0 Å². The second kappa shape index (κ2) is 5.34. The summed E-state index contributed by atoms with van der Waals surface area (Å²) in [5.41, 5.74) is 6.78. The smallest absolute Gasteiger partial charge is 0.195 e. The molecule has 0 radical (unpaired) electrons. The average molecular weight is 313 g/mol. The molecule has 4 rings (SSSR count). The first-order valence-corrected chi connectivity index (χ1v) is 8.18. The Labute approximate surface area is 141 Å². The summed E-state index contributed by atoms with van der Waals surface area (Å²) in [7, 11) is 0. The molecule has 0 aliphatic heterocycles. The molecule has 0 bridgehead atoms. The van der Waals surface area contributed by atoms with Crippen LogP contribution in [0.25, 0.3) is 21.8 Å². The number of aromatic amines is 1. The molecule has 0 atom stereocenters. The second-order valence-electron chi connectivity index (χ2n) is 6.50. The molecule has 0 aliphatic carbocycles. The highest BCUT2D eigenvalue weighted by molar-refractivity contribution is 6.20. The second-order valence-corrected chi connectivity index (χ2v) is 6.50. The lowest BCUT2D eigenvalue weighted by molar-refractivity contribution is 0.103. The monoisotopic (exact) mass is 313 g/mol. The minimum absolute atomic E-state index is 0.0853. The van der Waals surface area contributed by atoms with Crippen LogP contribution < -0.4 is 0 Å². The van der Waals surface area contributed by atoms with E-state index >= 15 is 0 Å². The zero-order chi connectivity index (χ0) is 16.8. The fraction of sp³-hybridized carbons (Fsp3) is 0.136. The molecule has 0 amide bonds.